The van der Waals surface area contributed by atoms with Crippen LogP contribution >= 0.6 is 0 Å². The Morgan fingerprint density at radius 1 is 1.47 bits per heavy atom. The first-order valence-corrected chi connectivity index (χ1v) is 6.34. The van der Waals surface area contributed by atoms with E-state index < -0.39 is 0 Å². The summed E-state index contributed by atoms with van der Waals surface area (Å²) in [6, 6.07) is 6.59. The van der Waals surface area contributed by atoms with E-state index in [0.29, 0.717) is 6.54 Å². The minimum absolute atomic E-state index is 0.273. The lowest BCUT2D eigenvalue weighted by Gasteiger charge is -2.33. The number of hydrogen-bond acceptors (Lipinski definition) is 3. The number of aryl methyl sites for hydroxylation is 1. The highest BCUT2D eigenvalue weighted by atomic mass is 16.5. The molecule has 1 heterocycles. The number of hydrogen-bond donors (Lipinski definition) is 1. The van der Waals surface area contributed by atoms with E-state index in [9.17, 15) is 0 Å². The highest BCUT2D eigenvalue weighted by molar-refractivity contribution is 5.56. The fraction of sp³-hybridized carbons (Fsp3) is 0.571. The van der Waals surface area contributed by atoms with Gasteiger partial charge in [-0.25, -0.2) is 0 Å². The third-order valence-electron chi connectivity index (χ3n) is 3.47. The maximum absolute atomic E-state index is 5.69. The zero-order valence-corrected chi connectivity index (χ0v) is 10.8. The molecule has 1 atom stereocenters. The third-order valence-corrected chi connectivity index (χ3v) is 3.47. The molecule has 3 heteroatoms. The normalized spacial score (nSPS) is 16.8. The summed E-state index contributed by atoms with van der Waals surface area (Å²) in [4.78, 5) is 2.42. The SMILES string of the molecule is COC(C)CN1CCCc2cc(CN)ccc21. The smallest absolute Gasteiger partial charge is 0.0718 e. The minimum atomic E-state index is 0.273. The van der Waals surface area contributed by atoms with Gasteiger partial charge in [-0.2, -0.15) is 0 Å². The molecule has 0 aromatic heterocycles. The van der Waals surface area contributed by atoms with Crippen LogP contribution in [0.4, 0.5) is 5.69 Å². The molecule has 94 valence electrons. The van der Waals surface area contributed by atoms with Gasteiger partial charge in [0.15, 0.2) is 0 Å². The van der Waals surface area contributed by atoms with Gasteiger partial charge in [-0.1, -0.05) is 12.1 Å². The van der Waals surface area contributed by atoms with Gasteiger partial charge >= 0.3 is 0 Å². The molecule has 2 N–H and O–H groups in total. The van der Waals surface area contributed by atoms with Crippen molar-refractivity contribution in [1.82, 2.24) is 0 Å². The molecule has 1 aromatic carbocycles. The summed E-state index contributed by atoms with van der Waals surface area (Å²) in [5, 5.41) is 0. The van der Waals surface area contributed by atoms with Crippen molar-refractivity contribution in [2.45, 2.75) is 32.4 Å². The molecule has 0 saturated carbocycles. The number of methoxy groups -OCH3 is 1. The Morgan fingerprint density at radius 2 is 2.29 bits per heavy atom. The van der Waals surface area contributed by atoms with Gasteiger partial charge in [0.25, 0.3) is 0 Å². The van der Waals surface area contributed by atoms with Crippen molar-refractivity contribution >= 4 is 5.69 Å². The largest absolute Gasteiger partial charge is 0.380 e. The van der Waals surface area contributed by atoms with Gasteiger partial charge in [0.05, 0.1) is 6.10 Å². The average Bonchev–Trinajstić information content (AvgIpc) is 2.38. The zero-order chi connectivity index (χ0) is 12.3. The molecule has 3 nitrogen and oxygen atoms in total. The van der Waals surface area contributed by atoms with Crippen LogP contribution in [0.25, 0.3) is 0 Å². The van der Waals surface area contributed by atoms with Crippen molar-refractivity contribution < 1.29 is 4.74 Å². The lowest BCUT2D eigenvalue weighted by molar-refractivity contribution is 0.123. The van der Waals surface area contributed by atoms with Crippen LogP contribution in [-0.2, 0) is 17.7 Å². The van der Waals surface area contributed by atoms with Gasteiger partial charge < -0.3 is 15.4 Å². The number of nitrogens with zero attached hydrogens (tertiary/aromatic N) is 1. The number of anilines is 1. The summed E-state index contributed by atoms with van der Waals surface area (Å²) in [5.74, 6) is 0. The fourth-order valence-corrected chi connectivity index (χ4v) is 2.43. The first-order chi connectivity index (χ1) is 8.24. The van der Waals surface area contributed by atoms with Crippen LogP contribution < -0.4 is 10.6 Å². The summed E-state index contributed by atoms with van der Waals surface area (Å²) in [7, 11) is 1.77. The second-order valence-corrected chi connectivity index (χ2v) is 4.76. The molecule has 0 spiro atoms. The van der Waals surface area contributed by atoms with Crippen LogP contribution in [0.5, 0.6) is 0 Å². The van der Waals surface area contributed by atoms with Gasteiger partial charge in [0, 0.05) is 32.4 Å². The maximum atomic E-state index is 5.69. The molecule has 0 bridgehead atoms. The molecule has 2 rings (SSSR count). The molecule has 17 heavy (non-hydrogen) atoms. The number of nitrogens with two attached hydrogens (primary N) is 1. The van der Waals surface area contributed by atoms with Crippen molar-refractivity contribution in [3.8, 4) is 0 Å². The summed E-state index contributed by atoms with van der Waals surface area (Å²) in [6.45, 7) is 4.83. The van der Waals surface area contributed by atoms with E-state index in [1.807, 2.05) is 0 Å². The molecule has 0 radical (unpaired) electrons. The molecule has 1 aliphatic rings. The highest BCUT2D eigenvalue weighted by Gasteiger charge is 2.18. The molecule has 0 fully saturated rings. The predicted octanol–water partition coefficient (Wildman–Crippen LogP) is 1.93. The van der Waals surface area contributed by atoms with Gasteiger partial charge in [0.2, 0.25) is 0 Å². The monoisotopic (exact) mass is 234 g/mol. The number of fused-ring (bicyclic) bond motifs is 1. The summed E-state index contributed by atoms with van der Waals surface area (Å²) in [6.07, 6.45) is 2.66. The zero-order valence-electron chi connectivity index (χ0n) is 10.8. The number of benzene rings is 1. The highest BCUT2D eigenvalue weighted by Crippen LogP contribution is 2.28. The average molecular weight is 234 g/mol. The van der Waals surface area contributed by atoms with Gasteiger partial charge in [0.1, 0.15) is 0 Å². The Kier molecular flexibility index (Phi) is 4.02. The first-order valence-electron chi connectivity index (χ1n) is 6.34. The van der Waals surface area contributed by atoms with E-state index >= 15 is 0 Å². The van der Waals surface area contributed by atoms with Crippen LogP contribution in [0.3, 0.4) is 0 Å². The Labute approximate surface area is 104 Å². The minimum Gasteiger partial charge on any atom is -0.380 e. The van der Waals surface area contributed by atoms with Crippen molar-refractivity contribution in [3.05, 3.63) is 29.3 Å². The third kappa shape index (κ3) is 2.79. The second-order valence-electron chi connectivity index (χ2n) is 4.76. The van der Waals surface area contributed by atoms with Gasteiger partial charge in [-0.15, -0.1) is 0 Å². The van der Waals surface area contributed by atoms with E-state index in [4.69, 9.17) is 10.5 Å². The van der Waals surface area contributed by atoms with Gasteiger partial charge in [-0.3, -0.25) is 0 Å². The quantitative estimate of drug-likeness (QED) is 0.865. The van der Waals surface area contributed by atoms with Crippen LogP contribution in [0.2, 0.25) is 0 Å². The molecule has 0 aliphatic carbocycles. The number of ether oxygens (including phenoxy) is 1. The lowest BCUT2D eigenvalue weighted by atomic mass is 9.99. The van der Waals surface area contributed by atoms with Crippen LogP contribution in [-0.4, -0.2) is 26.3 Å². The molecule has 1 unspecified atom stereocenters. The first kappa shape index (κ1) is 12.4. The second kappa shape index (κ2) is 5.52. The summed E-state index contributed by atoms with van der Waals surface area (Å²) < 4.78 is 5.35. The molecule has 1 aromatic rings. The molecule has 0 saturated heterocycles. The van der Waals surface area contributed by atoms with E-state index in [0.717, 1.165) is 13.1 Å². The van der Waals surface area contributed by atoms with Crippen molar-refractivity contribution in [2.24, 2.45) is 5.73 Å². The maximum Gasteiger partial charge on any atom is 0.0718 e. The van der Waals surface area contributed by atoms with Crippen LogP contribution in [0.1, 0.15) is 24.5 Å². The molecular weight excluding hydrogens is 212 g/mol. The fourth-order valence-electron chi connectivity index (χ4n) is 2.43. The topological polar surface area (TPSA) is 38.5 Å². The standard InChI is InChI=1S/C14H22N2O/c1-11(17-2)10-16-7-3-4-13-8-12(9-15)5-6-14(13)16/h5-6,8,11H,3-4,7,9-10,15H2,1-2H3. The lowest BCUT2D eigenvalue weighted by Crippen LogP contribution is -2.35. The van der Waals surface area contributed by atoms with Crippen molar-refractivity contribution in [1.29, 1.82) is 0 Å². The predicted molar refractivity (Wildman–Crippen MR) is 71.3 cm³/mol. The Hall–Kier alpha value is -1.06. The van der Waals surface area contributed by atoms with E-state index in [-0.39, 0.29) is 6.10 Å². The van der Waals surface area contributed by atoms with Crippen LogP contribution in [0.15, 0.2) is 18.2 Å². The van der Waals surface area contributed by atoms with E-state index in [1.165, 1.54) is 29.7 Å². The Bertz CT molecular complexity index is 378. The van der Waals surface area contributed by atoms with Gasteiger partial charge in [-0.05, 0) is 37.0 Å². The summed E-state index contributed by atoms with van der Waals surface area (Å²) in [5.41, 5.74) is 9.71. The molecular formula is C14H22N2O. The van der Waals surface area contributed by atoms with E-state index in [1.54, 1.807) is 7.11 Å². The molecule has 1 aliphatic heterocycles. The Balaban J connectivity index is 2.19. The Morgan fingerprint density at radius 3 is 3.00 bits per heavy atom. The summed E-state index contributed by atoms with van der Waals surface area (Å²) >= 11 is 0. The number of rotatable bonds is 4. The molecule has 0 amide bonds. The van der Waals surface area contributed by atoms with Crippen molar-refractivity contribution in [3.63, 3.8) is 0 Å². The van der Waals surface area contributed by atoms with Crippen LogP contribution in [0, 0.1) is 0 Å². The van der Waals surface area contributed by atoms with E-state index in [2.05, 4.69) is 30.0 Å². The van der Waals surface area contributed by atoms with Crippen molar-refractivity contribution in [2.75, 3.05) is 25.1 Å².